The number of nitrogens with one attached hydrogen (secondary N) is 1. The quantitative estimate of drug-likeness (QED) is 0.731. The Bertz CT molecular complexity index is 584. The van der Waals surface area contributed by atoms with Crippen molar-refractivity contribution in [3.8, 4) is 0 Å². The summed E-state index contributed by atoms with van der Waals surface area (Å²) in [4.78, 5) is 15.9. The first-order chi connectivity index (χ1) is 11.1. The van der Waals surface area contributed by atoms with Gasteiger partial charge in [-0.15, -0.1) is 0 Å². The van der Waals surface area contributed by atoms with Crippen molar-refractivity contribution in [1.82, 2.24) is 14.6 Å². The van der Waals surface area contributed by atoms with Gasteiger partial charge in [0.05, 0.1) is 18.0 Å². The highest BCUT2D eigenvalue weighted by atomic mass is 32.2. The number of unbranched alkanes of at least 4 members (excludes halogenated alkanes) is 1. The highest BCUT2D eigenvalue weighted by Crippen LogP contribution is 2.14. The first kappa shape index (κ1) is 17.9. The molecule has 7 heteroatoms. The summed E-state index contributed by atoms with van der Waals surface area (Å²) < 4.78 is 25.9. The number of piperidine rings is 1. The van der Waals surface area contributed by atoms with Crippen molar-refractivity contribution in [2.45, 2.75) is 45.1 Å². The maximum atomic E-state index is 12.2. The molecule has 1 aliphatic heterocycles. The SMILES string of the molecule is O=C(CCCCS(=O)(=O)N1CCCCC1)NCc1ccccn1. The second-order valence-electron chi connectivity index (χ2n) is 5.83. The number of amides is 1. The van der Waals surface area contributed by atoms with Gasteiger partial charge in [0.15, 0.2) is 0 Å². The number of carbonyl (C=O) groups excluding carboxylic acids is 1. The molecule has 1 amide bonds. The molecule has 0 unspecified atom stereocenters. The minimum atomic E-state index is -3.14. The van der Waals surface area contributed by atoms with Gasteiger partial charge in [0.1, 0.15) is 0 Å². The lowest BCUT2D eigenvalue weighted by atomic mass is 10.2. The zero-order valence-corrected chi connectivity index (χ0v) is 14.2. The number of carbonyl (C=O) groups is 1. The van der Waals surface area contributed by atoms with Gasteiger partial charge in [-0.2, -0.15) is 0 Å². The van der Waals surface area contributed by atoms with Crippen LogP contribution in [-0.2, 0) is 21.4 Å². The van der Waals surface area contributed by atoms with E-state index in [1.807, 2.05) is 18.2 Å². The Kier molecular flexibility index (Phi) is 6.98. The minimum absolute atomic E-state index is 0.0639. The third kappa shape index (κ3) is 6.27. The number of rotatable bonds is 8. The van der Waals surface area contributed by atoms with Crippen LogP contribution in [0.4, 0.5) is 0 Å². The Morgan fingerprint density at radius 3 is 2.65 bits per heavy atom. The minimum Gasteiger partial charge on any atom is -0.350 e. The molecular formula is C16H25N3O3S. The molecule has 2 rings (SSSR count). The predicted octanol–water partition coefficient (Wildman–Crippen LogP) is 1.68. The normalized spacial score (nSPS) is 16.2. The van der Waals surface area contributed by atoms with E-state index in [2.05, 4.69) is 10.3 Å². The summed E-state index contributed by atoms with van der Waals surface area (Å²) in [6.45, 7) is 1.70. The van der Waals surface area contributed by atoms with Crippen molar-refractivity contribution in [1.29, 1.82) is 0 Å². The van der Waals surface area contributed by atoms with Crippen LogP contribution in [-0.4, -0.2) is 42.5 Å². The summed E-state index contributed by atoms with van der Waals surface area (Å²) in [5.41, 5.74) is 0.813. The molecule has 0 bridgehead atoms. The van der Waals surface area contributed by atoms with E-state index in [4.69, 9.17) is 0 Å². The summed E-state index contributed by atoms with van der Waals surface area (Å²) in [5.74, 6) is 0.0755. The van der Waals surface area contributed by atoms with E-state index in [9.17, 15) is 13.2 Å². The van der Waals surface area contributed by atoms with E-state index in [0.29, 0.717) is 38.9 Å². The summed E-state index contributed by atoms with van der Waals surface area (Å²) in [7, 11) is -3.14. The molecule has 0 saturated carbocycles. The van der Waals surface area contributed by atoms with Crippen molar-refractivity contribution in [3.05, 3.63) is 30.1 Å². The first-order valence-electron chi connectivity index (χ1n) is 8.22. The van der Waals surface area contributed by atoms with Gasteiger partial charge in [0.25, 0.3) is 0 Å². The van der Waals surface area contributed by atoms with E-state index in [1.54, 1.807) is 10.5 Å². The molecule has 1 saturated heterocycles. The lowest BCUT2D eigenvalue weighted by molar-refractivity contribution is -0.121. The van der Waals surface area contributed by atoms with Gasteiger partial charge in [0, 0.05) is 25.7 Å². The van der Waals surface area contributed by atoms with Crippen LogP contribution in [0.25, 0.3) is 0 Å². The number of sulfonamides is 1. The zero-order chi connectivity index (χ0) is 16.5. The van der Waals surface area contributed by atoms with Crippen LogP contribution in [0, 0.1) is 0 Å². The van der Waals surface area contributed by atoms with Gasteiger partial charge in [-0.1, -0.05) is 12.5 Å². The van der Waals surface area contributed by atoms with E-state index in [1.165, 1.54) is 0 Å². The van der Waals surface area contributed by atoms with Crippen molar-refractivity contribution in [2.75, 3.05) is 18.8 Å². The summed E-state index contributed by atoms with van der Waals surface area (Å²) in [5, 5.41) is 2.80. The maximum absolute atomic E-state index is 12.2. The van der Waals surface area contributed by atoms with E-state index < -0.39 is 10.0 Å². The fraction of sp³-hybridized carbons (Fsp3) is 0.625. The molecule has 1 aromatic heterocycles. The Balaban J connectivity index is 1.61. The predicted molar refractivity (Wildman–Crippen MR) is 89.1 cm³/mol. The summed E-state index contributed by atoms with van der Waals surface area (Å²) in [6.07, 6.45) is 6.17. The molecule has 0 radical (unpaired) electrons. The van der Waals surface area contributed by atoms with Gasteiger partial charge in [-0.05, 0) is 37.8 Å². The molecule has 0 atom stereocenters. The standard InChI is InChI=1S/C16H25N3O3S/c20-16(18-14-15-8-2-4-10-17-15)9-3-7-13-23(21,22)19-11-5-1-6-12-19/h2,4,8,10H,1,3,5-7,9,11-14H2,(H,18,20). The van der Waals surface area contributed by atoms with E-state index >= 15 is 0 Å². The summed E-state index contributed by atoms with van der Waals surface area (Å²) >= 11 is 0. The average Bonchev–Trinajstić information content (AvgIpc) is 2.59. The van der Waals surface area contributed by atoms with Crippen molar-refractivity contribution >= 4 is 15.9 Å². The van der Waals surface area contributed by atoms with Crippen LogP contribution in [0.15, 0.2) is 24.4 Å². The topological polar surface area (TPSA) is 79.4 Å². The highest BCUT2D eigenvalue weighted by Gasteiger charge is 2.23. The van der Waals surface area contributed by atoms with Gasteiger partial charge in [0.2, 0.25) is 15.9 Å². The van der Waals surface area contributed by atoms with Crippen molar-refractivity contribution in [3.63, 3.8) is 0 Å². The molecule has 1 fully saturated rings. The number of aromatic nitrogens is 1. The van der Waals surface area contributed by atoms with E-state index in [0.717, 1.165) is 25.0 Å². The fourth-order valence-electron chi connectivity index (χ4n) is 2.62. The molecular weight excluding hydrogens is 314 g/mol. The Hall–Kier alpha value is -1.47. The average molecular weight is 339 g/mol. The second-order valence-corrected chi connectivity index (χ2v) is 7.92. The molecule has 23 heavy (non-hydrogen) atoms. The van der Waals surface area contributed by atoms with Gasteiger partial charge in [-0.25, -0.2) is 12.7 Å². The highest BCUT2D eigenvalue weighted by molar-refractivity contribution is 7.89. The molecule has 2 heterocycles. The number of hydrogen-bond donors (Lipinski definition) is 1. The molecule has 1 aromatic rings. The number of hydrogen-bond acceptors (Lipinski definition) is 4. The van der Waals surface area contributed by atoms with Gasteiger partial charge >= 0.3 is 0 Å². The molecule has 1 aliphatic rings. The monoisotopic (exact) mass is 339 g/mol. The molecule has 0 spiro atoms. The Labute approximate surface area is 138 Å². The summed E-state index contributed by atoms with van der Waals surface area (Å²) in [6, 6.07) is 5.56. The van der Waals surface area contributed by atoms with Crippen LogP contribution < -0.4 is 5.32 Å². The Morgan fingerprint density at radius 2 is 1.96 bits per heavy atom. The molecule has 6 nitrogen and oxygen atoms in total. The molecule has 128 valence electrons. The van der Waals surface area contributed by atoms with Crippen LogP contribution >= 0.6 is 0 Å². The molecule has 1 N–H and O–H groups in total. The largest absolute Gasteiger partial charge is 0.350 e. The number of nitrogens with zero attached hydrogens (tertiary/aromatic N) is 2. The zero-order valence-electron chi connectivity index (χ0n) is 13.4. The lowest BCUT2D eigenvalue weighted by Gasteiger charge is -2.25. The second kappa shape index (κ2) is 8.98. The number of pyridine rings is 1. The first-order valence-corrected chi connectivity index (χ1v) is 9.83. The third-order valence-electron chi connectivity index (χ3n) is 3.96. The van der Waals surface area contributed by atoms with Crippen molar-refractivity contribution in [2.24, 2.45) is 0 Å². The van der Waals surface area contributed by atoms with Crippen LogP contribution in [0.1, 0.15) is 44.2 Å². The molecule has 0 aromatic carbocycles. The van der Waals surface area contributed by atoms with E-state index in [-0.39, 0.29) is 11.7 Å². The van der Waals surface area contributed by atoms with Gasteiger partial charge < -0.3 is 5.32 Å². The smallest absolute Gasteiger partial charge is 0.220 e. The maximum Gasteiger partial charge on any atom is 0.220 e. The fourth-order valence-corrected chi connectivity index (χ4v) is 4.26. The van der Waals surface area contributed by atoms with Crippen molar-refractivity contribution < 1.29 is 13.2 Å². The van der Waals surface area contributed by atoms with Crippen LogP contribution in [0.2, 0.25) is 0 Å². The van der Waals surface area contributed by atoms with Crippen LogP contribution in [0.3, 0.4) is 0 Å². The van der Waals surface area contributed by atoms with Crippen LogP contribution in [0.5, 0.6) is 0 Å². The molecule has 0 aliphatic carbocycles. The van der Waals surface area contributed by atoms with Gasteiger partial charge in [-0.3, -0.25) is 9.78 Å². The third-order valence-corrected chi connectivity index (χ3v) is 5.91. The Morgan fingerprint density at radius 1 is 1.17 bits per heavy atom. The lowest BCUT2D eigenvalue weighted by Crippen LogP contribution is -2.37.